The molecule has 0 heterocycles. The molecule has 5 heteroatoms. The fourth-order valence-corrected chi connectivity index (χ4v) is 5.51. The van der Waals surface area contributed by atoms with Crippen molar-refractivity contribution in [2.75, 3.05) is 5.75 Å². The molecule has 1 fully saturated rings. The lowest BCUT2D eigenvalue weighted by Crippen LogP contribution is -2.36. The van der Waals surface area contributed by atoms with E-state index in [0.29, 0.717) is 11.3 Å². The lowest BCUT2D eigenvalue weighted by molar-refractivity contribution is -0.119. The first-order valence-corrected chi connectivity index (χ1v) is 13.6. The first-order valence-electron chi connectivity index (χ1n) is 12.6. The van der Waals surface area contributed by atoms with Crippen LogP contribution in [0.5, 0.6) is 0 Å². The third kappa shape index (κ3) is 7.46. The molecular formula is C30H34N2O2S. The molecular weight excluding hydrogens is 452 g/mol. The minimum absolute atomic E-state index is 0.0437. The number of hydrogen-bond donors (Lipinski definition) is 2. The Morgan fingerprint density at radius 3 is 1.91 bits per heavy atom. The van der Waals surface area contributed by atoms with Crippen molar-refractivity contribution in [2.45, 2.75) is 61.9 Å². The molecule has 3 aromatic carbocycles. The van der Waals surface area contributed by atoms with Crippen molar-refractivity contribution in [1.82, 2.24) is 10.6 Å². The Morgan fingerprint density at radius 1 is 0.743 bits per heavy atom. The Balaban J connectivity index is 1.42. The first-order chi connectivity index (χ1) is 17.2. The van der Waals surface area contributed by atoms with E-state index in [1.165, 1.54) is 43.9 Å². The van der Waals surface area contributed by atoms with Gasteiger partial charge in [-0.05, 0) is 36.1 Å². The van der Waals surface area contributed by atoms with Gasteiger partial charge in [-0.3, -0.25) is 9.59 Å². The number of thioether (sulfide) groups is 1. The molecule has 0 saturated heterocycles. The maximum atomic E-state index is 13.4. The van der Waals surface area contributed by atoms with Gasteiger partial charge in [0, 0.05) is 10.9 Å². The van der Waals surface area contributed by atoms with E-state index in [0.717, 1.165) is 28.9 Å². The van der Waals surface area contributed by atoms with Gasteiger partial charge in [0.05, 0.1) is 17.4 Å². The Labute approximate surface area is 212 Å². The van der Waals surface area contributed by atoms with Crippen LogP contribution in [0.3, 0.4) is 0 Å². The van der Waals surface area contributed by atoms with E-state index in [2.05, 4.69) is 10.6 Å². The lowest BCUT2D eigenvalue weighted by Gasteiger charge is -2.21. The molecule has 0 aliphatic heterocycles. The van der Waals surface area contributed by atoms with Crippen LogP contribution in [0, 0.1) is 0 Å². The van der Waals surface area contributed by atoms with E-state index in [4.69, 9.17) is 0 Å². The molecule has 1 aliphatic rings. The Bertz CT molecular complexity index is 1040. The highest BCUT2D eigenvalue weighted by Crippen LogP contribution is 2.26. The molecule has 0 radical (unpaired) electrons. The Kier molecular flexibility index (Phi) is 9.41. The van der Waals surface area contributed by atoms with Gasteiger partial charge < -0.3 is 10.6 Å². The fourth-order valence-electron chi connectivity index (χ4n) is 4.65. The van der Waals surface area contributed by atoms with Gasteiger partial charge in [-0.15, -0.1) is 11.8 Å². The second-order valence-electron chi connectivity index (χ2n) is 9.12. The van der Waals surface area contributed by atoms with Crippen molar-refractivity contribution in [3.05, 3.63) is 102 Å². The fraction of sp³-hybridized carbons (Fsp3) is 0.333. The molecule has 2 N–H and O–H groups in total. The second-order valence-corrected chi connectivity index (χ2v) is 10.1. The molecule has 0 atom stereocenters. The molecule has 0 aromatic heterocycles. The smallest absolute Gasteiger partial charge is 0.253 e. The standard InChI is InChI=1S/C30H34N2O2S/c33-28(31-25-18-10-2-1-3-11-19-25)22-35-27-21-13-12-20-26(27)30(34)32-29(23-14-6-4-7-15-23)24-16-8-5-9-17-24/h4-9,12-17,20-21,25,29H,1-3,10-11,18-19,22H2,(H,31,33)(H,32,34). The van der Waals surface area contributed by atoms with Crippen LogP contribution in [0.25, 0.3) is 0 Å². The lowest BCUT2D eigenvalue weighted by atomic mass is 9.97. The van der Waals surface area contributed by atoms with E-state index in [9.17, 15) is 9.59 Å². The van der Waals surface area contributed by atoms with Gasteiger partial charge in [0.2, 0.25) is 5.91 Å². The second kappa shape index (κ2) is 13.1. The maximum Gasteiger partial charge on any atom is 0.253 e. The summed E-state index contributed by atoms with van der Waals surface area (Å²) < 4.78 is 0. The molecule has 3 aromatic rings. The van der Waals surface area contributed by atoms with Gasteiger partial charge in [0.15, 0.2) is 0 Å². The summed E-state index contributed by atoms with van der Waals surface area (Å²) in [4.78, 5) is 26.9. The molecule has 2 amide bonds. The summed E-state index contributed by atoms with van der Waals surface area (Å²) in [6, 6.07) is 27.5. The minimum atomic E-state index is -0.259. The molecule has 182 valence electrons. The van der Waals surface area contributed by atoms with E-state index < -0.39 is 0 Å². The van der Waals surface area contributed by atoms with Crippen molar-refractivity contribution < 1.29 is 9.59 Å². The number of rotatable bonds is 8. The molecule has 1 aliphatic carbocycles. The highest BCUT2D eigenvalue weighted by atomic mass is 32.2. The normalized spacial score (nSPS) is 14.7. The number of amides is 2. The highest BCUT2D eigenvalue weighted by molar-refractivity contribution is 8.00. The zero-order valence-electron chi connectivity index (χ0n) is 20.1. The summed E-state index contributed by atoms with van der Waals surface area (Å²) in [6.07, 6.45) is 8.33. The van der Waals surface area contributed by atoms with E-state index in [-0.39, 0.29) is 23.9 Å². The van der Waals surface area contributed by atoms with E-state index in [1.807, 2.05) is 84.9 Å². The van der Waals surface area contributed by atoms with Crippen molar-refractivity contribution >= 4 is 23.6 Å². The van der Waals surface area contributed by atoms with E-state index >= 15 is 0 Å². The van der Waals surface area contributed by atoms with Gasteiger partial charge >= 0.3 is 0 Å². The van der Waals surface area contributed by atoms with Crippen molar-refractivity contribution in [3.8, 4) is 0 Å². The van der Waals surface area contributed by atoms with Crippen molar-refractivity contribution in [1.29, 1.82) is 0 Å². The summed E-state index contributed by atoms with van der Waals surface area (Å²) in [7, 11) is 0. The highest BCUT2D eigenvalue weighted by Gasteiger charge is 2.20. The summed E-state index contributed by atoms with van der Waals surface area (Å²) in [5, 5.41) is 6.44. The van der Waals surface area contributed by atoms with Gasteiger partial charge in [-0.1, -0.05) is 105 Å². The topological polar surface area (TPSA) is 58.2 Å². The van der Waals surface area contributed by atoms with Crippen LogP contribution < -0.4 is 10.6 Å². The quantitative estimate of drug-likeness (QED) is 0.356. The molecule has 1 saturated carbocycles. The molecule has 0 spiro atoms. The zero-order chi connectivity index (χ0) is 24.3. The molecule has 4 nitrogen and oxygen atoms in total. The van der Waals surface area contributed by atoms with Gasteiger partial charge in [-0.2, -0.15) is 0 Å². The van der Waals surface area contributed by atoms with Gasteiger partial charge in [0.25, 0.3) is 5.91 Å². The number of nitrogens with one attached hydrogen (secondary N) is 2. The third-order valence-corrected chi connectivity index (χ3v) is 7.58. The SMILES string of the molecule is O=C(CSc1ccccc1C(=O)NC(c1ccccc1)c1ccccc1)NC1CCCCCCC1. The van der Waals surface area contributed by atoms with Crippen LogP contribution >= 0.6 is 11.8 Å². The monoisotopic (exact) mass is 486 g/mol. The van der Waals surface area contributed by atoms with Crippen LogP contribution in [0.4, 0.5) is 0 Å². The number of benzene rings is 3. The first kappa shape index (κ1) is 25.1. The van der Waals surface area contributed by atoms with Crippen molar-refractivity contribution in [3.63, 3.8) is 0 Å². The van der Waals surface area contributed by atoms with Crippen LogP contribution in [0.2, 0.25) is 0 Å². The Hall–Kier alpha value is -3.05. The summed E-state index contributed by atoms with van der Waals surface area (Å²) >= 11 is 1.43. The number of hydrogen-bond acceptors (Lipinski definition) is 3. The van der Waals surface area contributed by atoms with Crippen LogP contribution in [-0.2, 0) is 4.79 Å². The summed E-state index contributed by atoms with van der Waals surface area (Å²) in [5.74, 6) is 0.204. The summed E-state index contributed by atoms with van der Waals surface area (Å²) in [6.45, 7) is 0. The average molecular weight is 487 g/mol. The maximum absolute atomic E-state index is 13.4. The molecule has 0 unspecified atom stereocenters. The predicted molar refractivity (Wildman–Crippen MR) is 144 cm³/mol. The van der Waals surface area contributed by atoms with Crippen LogP contribution in [-0.4, -0.2) is 23.6 Å². The number of carbonyl (C=O) groups is 2. The molecule has 4 rings (SSSR count). The molecule has 35 heavy (non-hydrogen) atoms. The summed E-state index contributed by atoms with van der Waals surface area (Å²) in [5.41, 5.74) is 2.64. The van der Waals surface area contributed by atoms with Crippen LogP contribution in [0.1, 0.15) is 72.5 Å². The minimum Gasteiger partial charge on any atom is -0.353 e. The van der Waals surface area contributed by atoms with Gasteiger partial charge in [0.1, 0.15) is 0 Å². The zero-order valence-corrected chi connectivity index (χ0v) is 20.9. The molecule has 0 bridgehead atoms. The van der Waals surface area contributed by atoms with Crippen LogP contribution in [0.15, 0.2) is 89.8 Å². The van der Waals surface area contributed by atoms with Gasteiger partial charge in [-0.25, -0.2) is 0 Å². The largest absolute Gasteiger partial charge is 0.353 e. The number of carbonyl (C=O) groups excluding carboxylic acids is 2. The van der Waals surface area contributed by atoms with Crippen molar-refractivity contribution in [2.24, 2.45) is 0 Å². The predicted octanol–water partition coefficient (Wildman–Crippen LogP) is 6.53. The Morgan fingerprint density at radius 2 is 1.29 bits per heavy atom. The third-order valence-electron chi connectivity index (χ3n) is 6.50. The van der Waals surface area contributed by atoms with E-state index in [1.54, 1.807) is 0 Å². The average Bonchev–Trinajstić information content (AvgIpc) is 2.88.